The molecule has 0 aliphatic carbocycles. The summed E-state index contributed by atoms with van der Waals surface area (Å²) in [7, 11) is 0. The lowest BCUT2D eigenvalue weighted by Crippen LogP contribution is -2.70. The third-order valence-electron chi connectivity index (χ3n) is 4.09. The van der Waals surface area contributed by atoms with Crippen molar-refractivity contribution in [3.8, 4) is 0 Å². The topological polar surface area (TPSA) is 217 Å². The normalized spacial score (nSPS) is 18.0. The van der Waals surface area contributed by atoms with Crippen LogP contribution in [-0.2, 0) is 24.0 Å². The molecule has 2 heterocycles. The SMILES string of the molecule is CC(C)(C)OC(=O)Nc1nc(/C(=N/OC(C)(C)C(=O)O)C(=O)N[C@@H]2C(=O)N[C@@H]2CN=[N+]=[N-])cs1. The molecular weight excluding hydrogens is 472 g/mol. The molecule has 0 spiro atoms. The third kappa shape index (κ3) is 7.05. The van der Waals surface area contributed by atoms with E-state index in [0.717, 1.165) is 11.3 Å². The van der Waals surface area contributed by atoms with Crippen molar-refractivity contribution < 1.29 is 33.9 Å². The van der Waals surface area contributed by atoms with E-state index < -0.39 is 52.9 Å². The number of anilines is 1. The van der Waals surface area contributed by atoms with Crippen molar-refractivity contribution in [3.63, 3.8) is 0 Å². The largest absolute Gasteiger partial charge is 0.478 e. The van der Waals surface area contributed by atoms with Gasteiger partial charge >= 0.3 is 12.1 Å². The van der Waals surface area contributed by atoms with Crippen LogP contribution < -0.4 is 16.0 Å². The molecule has 184 valence electrons. The minimum Gasteiger partial charge on any atom is -0.478 e. The maximum absolute atomic E-state index is 12.9. The fourth-order valence-electron chi connectivity index (χ4n) is 2.33. The Bertz CT molecular complexity index is 1050. The Labute approximate surface area is 197 Å². The van der Waals surface area contributed by atoms with Gasteiger partial charge in [-0.15, -0.1) is 11.3 Å². The molecule has 1 saturated heterocycles. The molecule has 0 aromatic carbocycles. The summed E-state index contributed by atoms with van der Waals surface area (Å²) in [4.78, 5) is 59.9. The van der Waals surface area contributed by atoms with E-state index in [1.165, 1.54) is 19.2 Å². The highest BCUT2D eigenvalue weighted by Crippen LogP contribution is 2.19. The van der Waals surface area contributed by atoms with Crippen LogP contribution in [0.25, 0.3) is 10.4 Å². The standard InChI is InChI=1S/C18H24N8O7S/c1-17(2,3)32-16(31)24-15-22-9(7-34-15)11(25-33-18(4,5)14(29)30)13(28)23-10-8(6-20-26-19)21-12(10)27/h7-8,10H,6H2,1-5H3,(H,21,27)(H,23,28)(H,29,30)(H,22,24,31)/b25-11-/t8-,10+/m1/s1. The van der Waals surface area contributed by atoms with Crippen molar-refractivity contribution in [2.24, 2.45) is 10.3 Å². The monoisotopic (exact) mass is 496 g/mol. The number of carboxylic acids is 1. The number of aliphatic carboxylic acids is 1. The number of aromatic nitrogens is 1. The summed E-state index contributed by atoms with van der Waals surface area (Å²) < 4.78 is 5.15. The van der Waals surface area contributed by atoms with Gasteiger partial charge in [0.25, 0.3) is 5.91 Å². The first-order chi connectivity index (χ1) is 15.7. The predicted octanol–water partition coefficient (Wildman–Crippen LogP) is 1.37. The molecular formula is C18H24N8O7S. The summed E-state index contributed by atoms with van der Waals surface area (Å²) in [6.45, 7) is 7.40. The van der Waals surface area contributed by atoms with E-state index in [1.807, 2.05) is 0 Å². The van der Waals surface area contributed by atoms with Gasteiger partial charge in [-0.2, -0.15) is 0 Å². The summed E-state index contributed by atoms with van der Waals surface area (Å²) in [5.41, 5.74) is 5.43. The van der Waals surface area contributed by atoms with E-state index in [4.69, 9.17) is 15.1 Å². The fraction of sp³-hybridized carbons (Fsp3) is 0.556. The number of hydrogen-bond donors (Lipinski definition) is 4. The molecule has 1 aromatic heterocycles. The van der Waals surface area contributed by atoms with E-state index in [0.29, 0.717) is 0 Å². The number of carbonyl (C=O) groups excluding carboxylic acids is 3. The molecule has 16 heteroatoms. The minimum absolute atomic E-state index is 0.0546. The summed E-state index contributed by atoms with van der Waals surface area (Å²) in [6.07, 6.45) is -0.772. The number of nitrogens with one attached hydrogen (secondary N) is 3. The number of β-lactam (4-membered cyclic amide) rings is 1. The molecule has 0 unspecified atom stereocenters. The van der Waals surface area contributed by atoms with Gasteiger partial charge in [-0.3, -0.25) is 14.9 Å². The highest BCUT2D eigenvalue weighted by atomic mass is 32.1. The molecule has 4 N–H and O–H groups in total. The van der Waals surface area contributed by atoms with E-state index in [9.17, 15) is 24.3 Å². The van der Waals surface area contributed by atoms with Crippen molar-refractivity contribution in [1.82, 2.24) is 15.6 Å². The number of carboxylic acid groups (broad SMARTS) is 1. The van der Waals surface area contributed by atoms with Gasteiger partial charge in [0, 0.05) is 16.8 Å². The van der Waals surface area contributed by atoms with Crippen LogP contribution >= 0.6 is 11.3 Å². The molecule has 0 radical (unpaired) electrons. The molecule has 3 amide bonds. The molecule has 2 rings (SSSR count). The summed E-state index contributed by atoms with van der Waals surface area (Å²) in [6, 6.07) is -1.65. The summed E-state index contributed by atoms with van der Waals surface area (Å²) in [5, 5.41) is 25.1. The fourth-order valence-corrected chi connectivity index (χ4v) is 3.01. The Morgan fingerprint density at radius 1 is 1.32 bits per heavy atom. The van der Waals surface area contributed by atoms with Gasteiger partial charge in [0.1, 0.15) is 17.3 Å². The number of carbonyl (C=O) groups is 4. The molecule has 2 atom stereocenters. The van der Waals surface area contributed by atoms with Gasteiger partial charge in [-0.05, 0) is 40.1 Å². The second-order valence-electron chi connectivity index (χ2n) is 8.49. The molecule has 15 nitrogen and oxygen atoms in total. The van der Waals surface area contributed by atoms with Crippen LogP contribution in [0.3, 0.4) is 0 Å². The minimum atomic E-state index is -1.78. The first-order valence-corrected chi connectivity index (χ1v) is 10.7. The number of nitrogens with zero attached hydrogens (tertiary/aromatic N) is 5. The lowest BCUT2D eigenvalue weighted by Gasteiger charge is -2.36. The molecule has 1 aromatic rings. The van der Waals surface area contributed by atoms with Crippen LogP contribution in [0.2, 0.25) is 0 Å². The maximum Gasteiger partial charge on any atom is 0.413 e. The second-order valence-corrected chi connectivity index (χ2v) is 9.35. The first kappa shape index (κ1) is 26.3. The van der Waals surface area contributed by atoms with E-state index in [2.05, 4.69) is 36.1 Å². The Kier molecular flexibility index (Phi) is 8.02. The van der Waals surface area contributed by atoms with Gasteiger partial charge in [0.15, 0.2) is 10.8 Å². The predicted molar refractivity (Wildman–Crippen MR) is 119 cm³/mol. The van der Waals surface area contributed by atoms with Crippen LogP contribution in [0.4, 0.5) is 9.93 Å². The van der Waals surface area contributed by atoms with Crippen molar-refractivity contribution in [1.29, 1.82) is 0 Å². The Morgan fingerprint density at radius 3 is 2.56 bits per heavy atom. The lowest BCUT2D eigenvalue weighted by molar-refractivity contribution is -0.161. The highest BCUT2D eigenvalue weighted by Gasteiger charge is 2.41. The zero-order valence-electron chi connectivity index (χ0n) is 19.0. The maximum atomic E-state index is 12.9. The van der Waals surface area contributed by atoms with Crippen LogP contribution in [0.15, 0.2) is 15.7 Å². The quantitative estimate of drug-likeness (QED) is 0.0974. The molecule has 0 bridgehead atoms. The summed E-state index contributed by atoms with van der Waals surface area (Å²) in [5.74, 6) is -2.75. The molecule has 0 saturated carbocycles. The number of rotatable bonds is 9. The lowest BCUT2D eigenvalue weighted by atomic mass is 9.99. The van der Waals surface area contributed by atoms with Gasteiger partial charge in [-0.25, -0.2) is 14.6 Å². The van der Waals surface area contributed by atoms with Crippen molar-refractivity contribution >= 4 is 46.1 Å². The van der Waals surface area contributed by atoms with E-state index >= 15 is 0 Å². The third-order valence-corrected chi connectivity index (χ3v) is 4.85. The number of ether oxygens (including phenoxy) is 1. The van der Waals surface area contributed by atoms with Crippen LogP contribution in [0.1, 0.15) is 40.3 Å². The van der Waals surface area contributed by atoms with E-state index in [1.54, 1.807) is 20.8 Å². The Hall–Kier alpha value is -3.91. The number of thiazole rings is 1. The highest BCUT2D eigenvalue weighted by molar-refractivity contribution is 7.14. The van der Waals surface area contributed by atoms with Crippen molar-refractivity contribution in [3.05, 3.63) is 21.5 Å². The zero-order valence-corrected chi connectivity index (χ0v) is 19.8. The zero-order chi connectivity index (χ0) is 25.7. The molecule has 1 aliphatic heterocycles. The van der Waals surface area contributed by atoms with Crippen molar-refractivity contribution in [2.45, 2.75) is 57.9 Å². The number of oxime groups is 1. The first-order valence-electron chi connectivity index (χ1n) is 9.81. The Balaban J connectivity index is 2.26. The van der Waals surface area contributed by atoms with Crippen molar-refractivity contribution in [2.75, 3.05) is 11.9 Å². The average molecular weight is 497 g/mol. The van der Waals surface area contributed by atoms with E-state index in [-0.39, 0.29) is 17.4 Å². The van der Waals surface area contributed by atoms with Crippen LogP contribution in [0.5, 0.6) is 0 Å². The number of hydrogen-bond acceptors (Lipinski definition) is 10. The second kappa shape index (κ2) is 10.4. The molecule has 1 aliphatic rings. The molecule has 34 heavy (non-hydrogen) atoms. The summed E-state index contributed by atoms with van der Waals surface area (Å²) >= 11 is 0.950. The van der Waals surface area contributed by atoms with Gasteiger partial charge in [0.05, 0.1) is 6.04 Å². The molecule has 1 fully saturated rings. The smallest absolute Gasteiger partial charge is 0.413 e. The average Bonchev–Trinajstić information content (AvgIpc) is 3.15. The number of azide groups is 1. The van der Waals surface area contributed by atoms with Gasteiger partial charge in [0.2, 0.25) is 11.5 Å². The number of amides is 3. The Morgan fingerprint density at radius 2 is 2.00 bits per heavy atom. The van der Waals surface area contributed by atoms with Crippen LogP contribution in [0, 0.1) is 0 Å². The van der Waals surface area contributed by atoms with Crippen LogP contribution in [-0.4, -0.2) is 69.5 Å². The van der Waals surface area contributed by atoms with Gasteiger partial charge in [-0.1, -0.05) is 10.3 Å². The van der Waals surface area contributed by atoms with Gasteiger partial charge < -0.3 is 25.3 Å².